The van der Waals surface area contributed by atoms with Crippen LogP contribution in [0.4, 0.5) is 13.2 Å². The third-order valence-electron chi connectivity index (χ3n) is 3.75. The van der Waals surface area contributed by atoms with E-state index in [1.165, 1.54) is 6.20 Å². The predicted octanol–water partition coefficient (Wildman–Crippen LogP) is 2.10. The number of hydrogen-bond donors (Lipinski definition) is 0. The molecule has 0 aliphatic carbocycles. The van der Waals surface area contributed by atoms with Gasteiger partial charge in [0.2, 0.25) is 5.82 Å². The Bertz CT molecular complexity index is 692. The Balaban J connectivity index is 1.76. The Kier molecular flexibility index (Phi) is 3.64. The highest BCUT2D eigenvalue weighted by atomic mass is 19.4. The van der Waals surface area contributed by atoms with Crippen LogP contribution in [-0.2, 0) is 32.7 Å². The van der Waals surface area contributed by atoms with E-state index in [0.29, 0.717) is 31.7 Å². The maximum Gasteiger partial charge on any atom is 0.451 e. The Labute approximate surface area is 125 Å². The number of alkyl halides is 3. The van der Waals surface area contributed by atoms with Crippen molar-refractivity contribution in [2.75, 3.05) is 6.54 Å². The Morgan fingerprint density at radius 1 is 1.32 bits per heavy atom. The molecule has 0 fully saturated rings. The van der Waals surface area contributed by atoms with Gasteiger partial charge < -0.3 is 0 Å². The fourth-order valence-electron chi connectivity index (χ4n) is 2.69. The molecule has 3 heterocycles. The lowest BCUT2D eigenvalue weighted by Gasteiger charge is -2.28. The second-order valence-electron chi connectivity index (χ2n) is 5.52. The van der Waals surface area contributed by atoms with E-state index in [2.05, 4.69) is 20.0 Å². The number of hydrogen-bond acceptors (Lipinski definition) is 4. The molecule has 2 aromatic heterocycles. The topological polar surface area (TPSA) is 46.8 Å². The fraction of sp³-hybridized carbons (Fsp3) is 0.500. The summed E-state index contributed by atoms with van der Waals surface area (Å²) in [6.07, 6.45) is -2.69. The van der Waals surface area contributed by atoms with Gasteiger partial charge >= 0.3 is 6.18 Å². The lowest BCUT2D eigenvalue weighted by molar-refractivity contribution is -0.145. The third kappa shape index (κ3) is 2.96. The lowest BCUT2D eigenvalue weighted by atomic mass is 10.1. The van der Waals surface area contributed by atoms with Crippen molar-refractivity contribution < 1.29 is 13.2 Å². The first-order chi connectivity index (χ1) is 10.3. The van der Waals surface area contributed by atoms with Gasteiger partial charge in [-0.3, -0.25) is 9.58 Å². The molecule has 5 nitrogen and oxygen atoms in total. The Hall–Kier alpha value is -1.96. The molecule has 0 radical (unpaired) electrons. The van der Waals surface area contributed by atoms with Crippen molar-refractivity contribution in [3.05, 3.63) is 40.7 Å². The first kappa shape index (κ1) is 15.0. The molecule has 22 heavy (non-hydrogen) atoms. The summed E-state index contributed by atoms with van der Waals surface area (Å²) in [7, 11) is 1.89. The maximum atomic E-state index is 12.6. The predicted molar refractivity (Wildman–Crippen MR) is 72.8 cm³/mol. The van der Waals surface area contributed by atoms with Gasteiger partial charge in [0.1, 0.15) is 0 Å². The average Bonchev–Trinajstić information content (AvgIpc) is 2.75. The summed E-state index contributed by atoms with van der Waals surface area (Å²) < 4.78 is 39.7. The van der Waals surface area contributed by atoms with Crippen LogP contribution in [0.15, 0.2) is 12.3 Å². The third-order valence-corrected chi connectivity index (χ3v) is 3.75. The van der Waals surface area contributed by atoms with E-state index in [-0.39, 0.29) is 0 Å². The molecular formula is C14H16F3N5. The summed E-state index contributed by atoms with van der Waals surface area (Å²) in [5.41, 5.74) is 3.29. The SMILES string of the molecule is Cc1cc(CN2CCc3nc(C(F)(F)F)ncc3C2)n(C)n1. The summed E-state index contributed by atoms with van der Waals surface area (Å²) in [5.74, 6) is -1.05. The van der Waals surface area contributed by atoms with Crippen LogP contribution in [0.1, 0.15) is 28.5 Å². The minimum absolute atomic E-state index is 0.498. The molecule has 0 bridgehead atoms. The van der Waals surface area contributed by atoms with Gasteiger partial charge in [-0.2, -0.15) is 18.3 Å². The summed E-state index contributed by atoms with van der Waals surface area (Å²) in [6, 6.07) is 2.01. The van der Waals surface area contributed by atoms with Crippen LogP contribution in [0.3, 0.4) is 0 Å². The monoisotopic (exact) mass is 311 g/mol. The molecular weight excluding hydrogens is 295 g/mol. The first-order valence-corrected chi connectivity index (χ1v) is 6.97. The quantitative estimate of drug-likeness (QED) is 0.852. The number of aromatic nitrogens is 4. The van der Waals surface area contributed by atoms with E-state index in [1.54, 1.807) is 0 Å². The lowest BCUT2D eigenvalue weighted by Crippen LogP contribution is -2.32. The molecule has 0 N–H and O–H groups in total. The van der Waals surface area contributed by atoms with Crippen LogP contribution in [-0.4, -0.2) is 31.2 Å². The van der Waals surface area contributed by atoms with Gasteiger partial charge in [-0.25, -0.2) is 9.97 Å². The Morgan fingerprint density at radius 3 is 2.73 bits per heavy atom. The second-order valence-corrected chi connectivity index (χ2v) is 5.52. The van der Waals surface area contributed by atoms with Gasteiger partial charge in [-0.15, -0.1) is 0 Å². The average molecular weight is 311 g/mol. The molecule has 0 aromatic carbocycles. The molecule has 0 atom stereocenters. The van der Waals surface area contributed by atoms with E-state index in [4.69, 9.17) is 0 Å². The zero-order valence-electron chi connectivity index (χ0n) is 12.4. The highest BCUT2D eigenvalue weighted by Gasteiger charge is 2.35. The van der Waals surface area contributed by atoms with Crippen LogP contribution in [0.2, 0.25) is 0 Å². The van der Waals surface area contributed by atoms with E-state index in [9.17, 15) is 13.2 Å². The van der Waals surface area contributed by atoms with Gasteiger partial charge in [0.15, 0.2) is 0 Å². The molecule has 0 spiro atoms. The van der Waals surface area contributed by atoms with Crippen LogP contribution in [0, 0.1) is 6.92 Å². The summed E-state index contributed by atoms with van der Waals surface area (Å²) >= 11 is 0. The molecule has 3 rings (SSSR count). The Morgan fingerprint density at radius 2 is 2.09 bits per heavy atom. The molecule has 118 valence electrons. The zero-order chi connectivity index (χ0) is 15.9. The van der Waals surface area contributed by atoms with Crippen molar-refractivity contribution in [1.82, 2.24) is 24.6 Å². The molecule has 0 unspecified atom stereocenters. The maximum absolute atomic E-state index is 12.6. The summed E-state index contributed by atoms with van der Waals surface area (Å²) in [4.78, 5) is 9.28. The van der Waals surface area contributed by atoms with Crippen molar-refractivity contribution >= 4 is 0 Å². The van der Waals surface area contributed by atoms with Crippen LogP contribution >= 0.6 is 0 Å². The van der Waals surface area contributed by atoms with E-state index in [0.717, 1.165) is 17.0 Å². The van der Waals surface area contributed by atoms with Gasteiger partial charge in [-0.05, 0) is 13.0 Å². The van der Waals surface area contributed by atoms with Crippen molar-refractivity contribution in [3.63, 3.8) is 0 Å². The van der Waals surface area contributed by atoms with E-state index < -0.39 is 12.0 Å². The van der Waals surface area contributed by atoms with E-state index >= 15 is 0 Å². The molecule has 0 saturated carbocycles. The van der Waals surface area contributed by atoms with Gasteiger partial charge in [0, 0.05) is 44.9 Å². The van der Waals surface area contributed by atoms with Gasteiger partial charge in [-0.1, -0.05) is 0 Å². The minimum Gasteiger partial charge on any atom is -0.293 e. The number of halogens is 3. The van der Waals surface area contributed by atoms with Gasteiger partial charge in [0.05, 0.1) is 17.1 Å². The minimum atomic E-state index is -4.49. The van der Waals surface area contributed by atoms with Crippen LogP contribution in [0.5, 0.6) is 0 Å². The molecule has 0 amide bonds. The van der Waals surface area contributed by atoms with Crippen molar-refractivity contribution in [3.8, 4) is 0 Å². The van der Waals surface area contributed by atoms with Gasteiger partial charge in [0.25, 0.3) is 0 Å². The highest BCUT2D eigenvalue weighted by molar-refractivity contribution is 5.21. The zero-order valence-corrected chi connectivity index (χ0v) is 12.4. The second kappa shape index (κ2) is 5.35. The molecule has 1 aliphatic rings. The summed E-state index contributed by atoms with van der Waals surface area (Å²) in [6.45, 7) is 3.86. The molecule has 8 heteroatoms. The standard InChI is InChI=1S/C14H16F3N5/c1-9-5-11(21(2)20-9)8-22-4-3-12-10(7-22)6-18-13(19-12)14(15,16)17/h5-6H,3-4,7-8H2,1-2H3. The fourth-order valence-corrected chi connectivity index (χ4v) is 2.69. The first-order valence-electron chi connectivity index (χ1n) is 6.97. The smallest absolute Gasteiger partial charge is 0.293 e. The molecule has 1 aliphatic heterocycles. The molecule has 0 saturated heterocycles. The van der Waals surface area contributed by atoms with E-state index in [1.807, 2.05) is 24.7 Å². The number of rotatable bonds is 2. The highest BCUT2D eigenvalue weighted by Crippen LogP contribution is 2.28. The summed E-state index contributed by atoms with van der Waals surface area (Å²) in [5, 5.41) is 4.30. The molecule has 2 aromatic rings. The van der Waals surface area contributed by atoms with Crippen molar-refractivity contribution in [2.24, 2.45) is 7.05 Å². The van der Waals surface area contributed by atoms with Crippen LogP contribution < -0.4 is 0 Å². The number of fused-ring (bicyclic) bond motifs is 1. The largest absolute Gasteiger partial charge is 0.451 e. The van der Waals surface area contributed by atoms with Crippen LogP contribution in [0.25, 0.3) is 0 Å². The number of aryl methyl sites for hydroxylation is 2. The van der Waals surface area contributed by atoms with Crippen molar-refractivity contribution in [2.45, 2.75) is 32.6 Å². The van der Waals surface area contributed by atoms with Crippen molar-refractivity contribution in [1.29, 1.82) is 0 Å². The normalized spacial score (nSPS) is 15.9. The number of nitrogens with zero attached hydrogens (tertiary/aromatic N) is 5.